The van der Waals surface area contributed by atoms with Gasteiger partial charge in [0.25, 0.3) is 0 Å². The minimum Gasteiger partial charge on any atom is -0.497 e. The van der Waals surface area contributed by atoms with Crippen molar-refractivity contribution in [2.75, 3.05) is 7.11 Å². The van der Waals surface area contributed by atoms with E-state index >= 15 is 0 Å². The van der Waals surface area contributed by atoms with Crippen LogP contribution in [0.1, 0.15) is 22.4 Å². The van der Waals surface area contributed by atoms with Gasteiger partial charge in [-0.15, -0.1) is 0 Å². The summed E-state index contributed by atoms with van der Waals surface area (Å²) in [6, 6.07) is 16.7. The highest BCUT2D eigenvalue weighted by Crippen LogP contribution is 2.28. The molecule has 0 fully saturated rings. The molecule has 4 rings (SSSR count). The summed E-state index contributed by atoms with van der Waals surface area (Å²) in [5.41, 5.74) is 7.76. The summed E-state index contributed by atoms with van der Waals surface area (Å²) in [6.45, 7) is 5.64. The lowest BCUT2D eigenvalue weighted by Gasteiger charge is -2.13. The molecule has 0 bridgehead atoms. The highest BCUT2D eigenvalue weighted by Gasteiger charge is 2.11. The van der Waals surface area contributed by atoms with Crippen LogP contribution in [-0.2, 0) is 20.1 Å². The Morgan fingerprint density at radius 1 is 0.966 bits per heavy atom. The van der Waals surface area contributed by atoms with Crippen molar-refractivity contribution in [3.63, 3.8) is 0 Å². The lowest BCUT2D eigenvalue weighted by Crippen LogP contribution is -2.14. The predicted octanol–water partition coefficient (Wildman–Crippen LogP) is 4.55. The van der Waals surface area contributed by atoms with Crippen LogP contribution in [0.3, 0.4) is 0 Å². The van der Waals surface area contributed by atoms with E-state index in [0.29, 0.717) is 0 Å². The Morgan fingerprint density at radius 3 is 2.41 bits per heavy atom. The number of aromatic nitrogens is 3. The van der Waals surface area contributed by atoms with Gasteiger partial charge in [0.2, 0.25) is 0 Å². The summed E-state index contributed by atoms with van der Waals surface area (Å²) >= 11 is 0. The summed E-state index contributed by atoms with van der Waals surface area (Å²) < 4.78 is 7.16. The second-order valence-electron chi connectivity index (χ2n) is 7.44. The third kappa shape index (κ3) is 4.15. The number of methoxy groups -OCH3 is 1. The molecule has 0 aliphatic carbocycles. The topological polar surface area (TPSA) is 52.0 Å². The lowest BCUT2D eigenvalue weighted by atomic mass is 10.0. The van der Waals surface area contributed by atoms with Crippen molar-refractivity contribution in [1.82, 2.24) is 20.1 Å². The maximum Gasteiger partial charge on any atom is 0.118 e. The molecule has 2 heterocycles. The highest BCUT2D eigenvalue weighted by molar-refractivity contribution is 5.84. The van der Waals surface area contributed by atoms with Crippen molar-refractivity contribution in [1.29, 1.82) is 0 Å². The number of hydrogen-bond donors (Lipinski definition) is 1. The molecule has 4 aromatic rings. The Hall–Kier alpha value is -3.18. The molecule has 0 unspecified atom stereocenters. The van der Waals surface area contributed by atoms with Crippen LogP contribution in [-0.4, -0.2) is 21.9 Å². The molecule has 0 spiro atoms. The first-order chi connectivity index (χ1) is 14.0. The first-order valence-electron chi connectivity index (χ1n) is 9.78. The van der Waals surface area contributed by atoms with Crippen LogP contribution >= 0.6 is 0 Å². The van der Waals surface area contributed by atoms with Gasteiger partial charge in [0, 0.05) is 42.8 Å². The van der Waals surface area contributed by atoms with Gasteiger partial charge in [0.1, 0.15) is 5.75 Å². The van der Waals surface area contributed by atoms with Gasteiger partial charge < -0.3 is 10.1 Å². The number of pyridine rings is 1. The molecular weight excluding hydrogens is 360 g/mol. The van der Waals surface area contributed by atoms with Crippen LogP contribution in [0.5, 0.6) is 5.75 Å². The molecule has 0 radical (unpaired) electrons. The van der Waals surface area contributed by atoms with Crippen molar-refractivity contribution >= 4 is 10.9 Å². The van der Waals surface area contributed by atoms with Crippen molar-refractivity contribution in [2.45, 2.75) is 26.9 Å². The molecule has 0 saturated heterocycles. The van der Waals surface area contributed by atoms with E-state index in [1.807, 2.05) is 30.8 Å². The summed E-state index contributed by atoms with van der Waals surface area (Å²) in [5, 5.41) is 9.14. The summed E-state index contributed by atoms with van der Waals surface area (Å²) in [7, 11) is 3.63. The number of ether oxygens (including phenoxy) is 1. The fourth-order valence-electron chi connectivity index (χ4n) is 3.61. The molecule has 0 aliphatic rings. The Balaban J connectivity index is 1.67. The lowest BCUT2D eigenvalue weighted by molar-refractivity contribution is 0.415. The smallest absolute Gasteiger partial charge is 0.118 e. The molecule has 2 aromatic heterocycles. The number of hydrogen-bond acceptors (Lipinski definition) is 4. The van der Waals surface area contributed by atoms with E-state index in [2.05, 4.69) is 59.9 Å². The number of fused-ring (bicyclic) bond motifs is 1. The zero-order chi connectivity index (χ0) is 20.4. The van der Waals surface area contributed by atoms with E-state index in [-0.39, 0.29) is 0 Å². The van der Waals surface area contributed by atoms with Gasteiger partial charge in [0.15, 0.2) is 0 Å². The van der Waals surface area contributed by atoms with Crippen molar-refractivity contribution in [3.05, 3.63) is 77.1 Å². The fraction of sp³-hybridized carbons (Fsp3) is 0.250. The molecule has 5 heteroatoms. The molecule has 0 amide bonds. The van der Waals surface area contributed by atoms with Crippen LogP contribution in [0.25, 0.3) is 22.2 Å². The standard InChI is InChI=1S/C24H26N4O/c1-16-5-6-19-12-20(13-25-14-21-15-28(3)27-17(21)2)24(26-23(19)11-16)18-7-9-22(29-4)10-8-18/h5-12,15,25H,13-14H2,1-4H3. The van der Waals surface area contributed by atoms with Crippen LogP contribution in [0, 0.1) is 13.8 Å². The second-order valence-corrected chi connectivity index (χ2v) is 7.44. The van der Waals surface area contributed by atoms with Gasteiger partial charge in [-0.2, -0.15) is 5.10 Å². The van der Waals surface area contributed by atoms with Gasteiger partial charge in [-0.05, 0) is 61.4 Å². The first kappa shape index (κ1) is 19.2. The van der Waals surface area contributed by atoms with E-state index in [4.69, 9.17) is 9.72 Å². The molecule has 148 valence electrons. The maximum atomic E-state index is 5.31. The largest absolute Gasteiger partial charge is 0.497 e. The number of benzene rings is 2. The van der Waals surface area contributed by atoms with Crippen molar-refractivity contribution in [2.24, 2.45) is 7.05 Å². The minimum atomic E-state index is 0.729. The van der Waals surface area contributed by atoms with E-state index in [0.717, 1.165) is 46.7 Å². The normalized spacial score (nSPS) is 11.2. The Kier molecular flexibility index (Phi) is 5.32. The minimum absolute atomic E-state index is 0.729. The van der Waals surface area contributed by atoms with E-state index in [1.54, 1.807) is 7.11 Å². The van der Waals surface area contributed by atoms with E-state index in [1.165, 1.54) is 16.7 Å². The van der Waals surface area contributed by atoms with Crippen molar-refractivity contribution < 1.29 is 4.74 Å². The molecular formula is C24H26N4O. The van der Waals surface area contributed by atoms with Crippen molar-refractivity contribution in [3.8, 4) is 17.0 Å². The average Bonchev–Trinajstić information content (AvgIpc) is 3.04. The van der Waals surface area contributed by atoms with Gasteiger partial charge >= 0.3 is 0 Å². The third-order valence-corrected chi connectivity index (χ3v) is 5.16. The zero-order valence-electron chi connectivity index (χ0n) is 17.4. The van der Waals surface area contributed by atoms with Crippen LogP contribution in [0.4, 0.5) is 0 Å². The molecule has 0 aliphatic heterocycles. The van der Waals surface area contributed by atoms with Gasteiger partial charge in [-0.1, -0.05) is 12.1 Å². The molecule has 29 heavy (non-hydrogen) atoms. The Labute approximate surface area is 171 Å². The SMILES string of the molecule is COc1ccc(-c2nc3cc(C)ccc3cc2CNCc2cn(C)nc2C)cc1. The molecule has 5 nitrogen and oxygen atoms in total. The number of aryl methyl sites for hydroxylation is 3. The van der Waals surface area contributed by atoms with Gasteiger partial charge in [0.05, 0.1) is 24.0 Å². The number of rotatable bonds is 6. The molecule has 2 aromatic carbocycles. The highest BCUT2D eigenvalue weighted by atomic mass is 16.5. The van der Waals surface area contributed by atoms with Gasteiger partial charge in [-0.3, -0.25) is 4.68 Å². The van der Waals surface area contributed by atoms with Crippen LogP contribution in [0.2, 0.25) is 0 Å². The van der Waals surface area contributed by atoms with E-state index in [9.17, 15) is 0 Å². The average molecular weight is 386 g/mol. The number of nitrogens with one attached hydrogen (secondary N) is 1. The quantitative estimate of drug-likeness (QED) is 0.528. The van der Waals surface area contributed by atoms with Crippen LogP contribution < -0.4 is 10.1 Å². The Bertz CT molecular complexity index is 1150. The maximum absolute atomic E-state index is 5.31. The van der Waals surface area contributed by atoms with Gasteiger partial charge in [-0.25, -0.2) is 4.98 Å². The summed E-state index contributed by atoms with van der Waals surface area (Å²) in [6.07, 6.45) is 2.06. The number of nitrogens with zero attached hydrogens (tertiary/aromatic N) is 3. The second kappa shape index (κ2) is 8.05. The van der Waals surface area contributed by atoms with Crippen LogP contribution in [0.15, 0.2) is 54.7 Å². The zero-order valence-corrected chi connectivity index (χ0v) is 17.4. The first-order valence-corrected chi connectivity index (χ1v) is 9.78. The molecule has 1 N–H and O–H groups in total. The molecule has 0 saturated carbocycles. The monoisotopic (exact) mass is 386 g/mol. The summed E-state index contributed by atoms with van der Waals surface area (Å²) in [4.78, 5) is 5.01. The van der Waals surface area contributed by atoms with E-state index < -0.39 is 0 Å². The predicted molar refractivity (Wildman–Crippen MR) is 117 cm³/mol. The third-order valence-electron chi connectivity index (χ3n) is 5.16. The fourth-order valence-corrected chi connectivity index (χ4v) is 3.61. The Morgan fingerprint density at radius 2 is 1.72 bits per heavy atom. The molecule has 0 atom stereocenters. The summed E-state index contributed by atoms with van der Waals surface area (Å²) in [5.74, 6) is 0.845.